The van der Waals surface area contributed by atoms with E-state index < -0.39 is 10.0 Å². The highest BCUT2D eigenvalue weighted by Crippen LogP contribution is 2.21. The number of amides is 1. The third-order valence-corrected chi connectivity index (χ3v) is 6.66. The Bertz CT molecular complexity index is 922. The van der Waals surface area contributed by atoms with Gasteiger partial charge in [0.1, 0.15) is 0 Å². The number of hydrogen-bond donors (Lipinski definition) is 2. The van der Waals surface area contributed by atoms with Gasteiger partial charge in [0, 0.05) is 17.8 Å². The Balaban J connectivity index is 2.15. The normalized spacial score (nSPS) is 12.4. The molecule has 29 heavy (non-hydrogen) atoms. The molecule has 2 rings (SSSR count). The standard InChI is InChI=1S/C23H32N2O3S/c1-5-7-8-19(6-2)16-24-23(26)20-12-11-18(4)22(15-20)29(27,28)25-21-13-9-17(3)10-14-21/h9-15,19,25H,5-8,16H2,1-4H3,(H,24,26)/t19-/m1/s1. The van der Waals surface area contributed by atoms with Crippen LogP contribution in [-0.4, -0.2) is 20.9 Å². The molecule has 6 heteroatoms. The summed E-state index contributed by atoms with van der Waals surface area (Å²) in [5, 5.41) is 2.96. The van der Waals surface area contributed by atoms with Crippen molar-refractivity contribution in [3.8, 4) is 0 Å². The van der Waals surface area contributed by atoms with E-state index in [1.165, 1.54) is 6.07 Å². The highest BCUT2D eigenvalue weighted by atomic mass is 32.2. The van der Waals surface area contributed by atoms with Gasteiger partial charge in [0.15, 0.2) is 0 Å². The number of unbranched alkanes of at least 4 members (excludes halogenated alkanes) is 1. The second-order valence-corrected chi connectivity index (χ2v) is 9.23. The van der Waals surface area contributed by atoms with Crippen LogP contribution in [0.15, 0.2) is 47.4 Å². The van der Waals surface area contributed by atoms with Gasteiger partial charge in [0.05, 0.1) is 4.90 Å². The van der Waals surface area contributed by atoms with Gasteiger partial charge >= 0.3 is 0 Å². The Labute approximate surface area is 175 Å². The molecule has 2 N–H and O–H groups in total. The van der Waals surface area contributed by atoms with Crippen LogP contribution in [0.4, 0.5) is 5.69 Å². The first-order valence-electron chi connectivity index (χ1n) is 10.2. The van der Waals surface area contributed by atoms with Crippen molar-refractivity contribution in [2.75, 3.05) is 11.3 Å². The summed E-state index contributed by atoms with van der Waals surface area (Å²) in [6.45, 7) is 8.55. The molecule has 1 atom stereocenters. The van der Waals surface area contributed by atoms with Crippen molar-refractivity contribution in [2.24, 2.45) is 5.92 Å². The smallest absolute Gasteiger partial charge is 0.262 e. The Morgan fingerprint density at radius 3 is 2.34 bits per heavy atom. The molecule has 1 amide bonds. The van der Waals surface area contributed by atoms with Crippen LogP contribution in [0.1, 0.15) is 61.0 Å². The first kappa shape index (κ1) is 22.9. The van der Waals surface area contributed by atoms with Crippen LogP contribution in [0, 0.1) is 19.8 Å². The molecule has 0 aromatic heterocycles. The minimum Gasteiger partial charge on any atom is -0.352 e. The summed E-state index contributed by atoms with van der Waals surface area (Å²) in [5.41, 5.74) is 2.49. The van der Waals surface area contributed by atoms with Gasteiger partial charge in [-0.1, -0.05) is 56.9 Å². The predicted octanol–water partition coefficient (Wildman–Crippen LogP) is 5.05. The number of aryl methyl sites for hydroxylation is 2. The van der Waals surface area contributed by atoms with Gasteiger partial charge < -0.3 is 5.32 Å². The molecular formula is C23H32N2O3S. The van der Waals surface area contributed by atoms with E-state index in [0.29, 0.717) is 29.3 Å². The lowest BCUT2D eigenvalue weighted by Gasteiger charge is -2.16. The Kier molecular flexibility index (Phi) is 8.26. The molecule has 5 nitrogen and oxygen atoms in total. The van der Waals surface area contributed by atoms with Crippen LogP contribution in [0.2, 0.25) is 0 Å². The molecule has 0 spiro atoms. The summed E-state index contributed by atoms with van der Waals surface area (Å²) in [6, 6.07) is 11.9. The van der Waals surface area contributed by atoms with Gasteiger partial charge in [-0.3, -0.25) is 9.52 Å². The third kappa shape index (κ3) is 6.60. The summed E-state index contributed by atoms with van der Waals surface area (Å²) in [5.74, 6) is 0.197. The second-order valence-electron chi connectivity index (χ2n) is 7.58. The summed E-state index contributed by atoms with van der Waals surface area (Å²) < 4.78 is 28.3. The molecule has 0 aliphatic rings. The topological polar surface area (TPSA) is 75.3 Å². The molecule has 0 radical (unpaired) electrons. The number of rotatable bonds is 10. The average molecular weight is 417 g/mol. The van der Waals surface area contributed by atoms with Crippen molar-refractivity contribution in [1.82, 2.24) is 5.32 Å². The van der Waals surface area contributed by atoms with E-state index in [-0.39, 0.29) is 10.8 Å². The third-order valence-electron chi connectivity index (χ3n) is 5.14. The van der Waals surface area contributed by atoms with Gasteiger partial charge in [-0.25, -0.2) is 8.42 Å². The van der Waals surface area contributed by atoms with Crippen LogP contribution in [0.3, 0.4) is 0 Å². The van der Waals surface area contributed by atoms with Crippen LogP contribution >= 0.6 is 0 Å². The van der Waals surface area contributed by atoms with E-state index in [1.54, 1.807) is 31.2 Å². The number of nitrogens with one attached hydrogen (secondary N) is 2. The quantitative estimate of drug-likeness (QED) is 0.569. The van der Waals surface area contributed by atoms with Crippen LogP contribution in [0.5, 0.6) is 0 Å². The molecule has 2 aromatic rings. The first-order valence-corrected chi connectivity index (χ1v) is 11.7. The van der Waals surface area contributed by atoms with Gasteiger partial charge in [-0.2, -0.15) is 0 Å². The largest absolute Gasteiger partial charge is 0.352 e. The molecule has 0 saturated carbocycles. The molecule has 0 aliphatic heterocycles. The monoisotopic (exact) mass is 416 g/mol. The van der Waals surface area contributed by atoms with Gasteiger partial charge in [0.2, 0.25) is 0 Å². The van der Waals surface area contributed by atoms with Crippen molar-refractivity contribution in [3.63, 3.8) is 0 Å². The van der Waals surface area contributed by atoms with E-state index in [9.17, 15) is 13.2 Å². The van der Waals surface area contributed by atoms with Crippen molar-refractivity contribution >= 4 is 21.6 Å². The SMILES string of the molecule is CCCC[C@@H](CC)CNC(=O)c1ccc(C)c(S(=O)(=O)Nc2ccc(C)cc2)c1. The fraction of sp³-hybridized carbons (Fsp3) is 0.435. The number of hydrogen-bond acceptors (Lipinski definition) is 3. The Morgan fingerprint density at radius 2 is 1.72 bits per heavy atom. The second kappa shape index (κ2) is 10.4. The van der Waals surface area contributed by atoms with E-state index in [2.05, 4.69) is 23.9 Å². The number of carbonyl (C=O) groups excluding carboxylic acids is 1. The molecule has 0 saturated heterocycles. The van der Waals surface area contributed by atoms with E-state index in [4.69, 9.17) is 0 Å². The zero-order valence-corrected chi connectivity index (χ0v) is 18.6. The van der Waals surface area contributed by atoms with Crippen molar-refractivity contribution < 1.29 is 13.2 Å². The van der Waals surface area contributed by atoms with E-state index in [1.807, 2.05) is 19.1 Å². The highest BCUT2D eigenvalue weighted by Gasteiger charge is 2.20. The zero-order valence-electron chi connectivity index (χ0n) is 17.8. The lowest BCUT2D eigenvalue weighted by molar-refractivity contribution is 0.0945. The predicted molar refractivity (Wildman–Crippen MR) is 119 cm³/mol. The fourth-order valence-electron chi connectivity index (χ4n) is 3.14. The summed E-state index contributed by atoms with van der Waals surface area (Å²) in [6.07, 6.45) is 4.37. The van der Waals surface area contributed by atoms with Crippen LogP contribution in [0.25, 0.3) is 0 Å². The van der Waals surface area contributed by atoms with E-state index in [0.717, 1.165) is 31.2 Å². The molecule has 0 aliphatic carbocycles. The average Bonchev–Trinajstić information content (AvgIpc) is 2.69. The molecular weight excluding hydrogens is 384 g/mol. The van der Waals surface area contributed by atoms with Gasteiger partial charge in [-0.15, -0.1) is 0 Å². The summed E-state index contributed by atoms with van der Waals surface area (Å²) >= 11 is 0. The highest BCUT2D eigenvalue weighted by molar-refractivity contribution is 7.92. The lowest BCUT2D eigenvalue weighted by Crippen LogP contribution is -2.29. The van der Waals surface area contributed by atoms with Gasteiger partial charge in [0.25, 0.3) is 15.9 Å². The number of anilines is 1. The maximum atomic E-state index is 12.9. The molecule has 158 valence electrons. The molecule has 0 bridgehead atoms. The minimum absolute atomic E-state index is 0.115. The van der Waals surface area contributed by atoms with Crippen molar-refractivity contribution in [3.05, 3.63) is 59.2 Å². The summed E-state index contributed by atoms with van der Waals surface area (Å²) in [4.78, 5) is 12.7. The molecule has 2 aromatic carbocycles. The first-order chi connectivity index (χ1) is 13.8. The lowest BCUT2D eigenvalue weighted by atomic mass is 9.99. The minimum atomic E-state index is -3.79. The molecule has 0 unspecified atom stereocenters. The Morgan fingerprint density at radius 1 is 1.03 bits per heavy atom. The number of sulfonamides is 1. The maximum Gasteiger partial charge on any atom is 0.262 e. The van der Waals surface area contributed by atoms with Gasteiger partial charge in [-0.05, 0) is 56.0 Å². The van der Waals surface area contributed by atoms with E-state index >= 15 is 0 Å². The maximum absolute atomic E-state index is 12.9. The fourth-order valence-corrected chi connectivity index (χ4v) is 4.48. The molecule has 0 heterocycles. The number of benzene rings is 2. The van der Waals surface area contributed by atoms with Crippen molar-refractivity contribution in [2.45, 2.75) is 58.3 Å². The van der Waals surface area contributed by atoms with Crippen LogP contribution < -0.4 is 10.0 Å². The molecule has 0 fully saturated rings. The Hall–Kier alpha value is -2.34. The van der Waals surface area contributed by atoms with Crippen molar-refractivity contribution in [1.29, 1.82) is 0 Å². The number of carbonyl (C=O) groups is 1. The van der Waals surface area contributed by atoms with Crippen LogP contribution in [-0.2, 0) is 10.0 Å². The summed E-state index contributed by atoms with van der Waals surface area (Å²) in [7, 11) is -3.79. The zero-order chi connectivity index (χ0) is 21.4.